The molecule has 4 rings (SSSR count). The lowest BCUT2D eigenvalue weighted by atomic mass is 9.93. The summed E-state index contributed by atoms with van der Waals surface area (Å²) in [5, 5.41) is 17.6. The van der Waals surface area contributed by atoms with Crippen LogP contribution in [-0.2, 0) is 12.6 Å². The van der Waals surface area contributed by atoms with Gasteiger partial charge in [-0.2, -0.15) is 18.3 Å². The number of carbonyl (C=O) groups is 1. The van der Waals surface area contributed by atoms with E-state index >= 15 is 0 Å². The Morgan fingerprint density at radius 2 is 1.89 bits per heavy atom. The van der Waals surface area contributed by atoms with Crippen LogP contribution in [0.5, 0.6) is 0 Å². The average Bonchev–Trinajstić information content (AvgIpc) is 3.16. The molecule has 35 heavy (non-hydrogen) atoms. The predicted molar refractivity (Wildman–Crippen MR) is 124 cm³/mol. The molecule has 1 heterocycles. The summed E-state index contributed by atoms with van der Waals surface area (Å²) in [6.07, 6.45) is -2.73. The second-order valence-electron chi connectivity index (χ2n) is 7.83. The SMILES string of the molecule is Cc1c(C(=O)Nc2cc(C(F)(F)F)ccc2Cl)oc2c1/C(=N/Nc1ccc([N+](=O)[O-])cc1)CCC2. The fraction of sp³-hybridized carbons (Fsp3) is 0.217. The number of fused-ring (bicyclic) bond motifs is 1. The number of nitro groups is 1. The molecule has 1 amide bonds. The van der Waals surface area contributed by atoms with E-state index in [1.54, 1.807) is 6.92 Å². The molecular formula is C23H18ClF3N4O4. The molecular weight excluding hydrogens is 489 g/mol. The molecule has 0 fully saturated rings. The largest absolute Gasteiger partial charge is 0.455 e. The molecule has 8 nitrogen and oxygen atoms in total. The van der Waals surface area contributed by atoms with E-state index in [1.165, 1.54) is 24.3 Å². The third-order valence-corrected chi connectivity index (χ3v) is 5.80. The van der Waals surface area contributed by atoms with E-state index in [0.717, 1.165) is 18.2 Å². The number of rotatable bonds is 5. The van der Waals surface area contributed by atoms with Gasteiger partial charge in [0.05, 0.1) is 32.6 Å². The summed E-state index contributed by atoms with van der Waals surface area (Å²) in [6.45, 7) is 1.66. The Balaban J connectivity index is 1.58. The van der Waals surface area contributed by atoms with Crippen molar-refractivity contribution in [1.82, 2.24) is 0 Å². The zero-order chi connectivity index (χ0) is 25.3. The summed E-state index contributed by atoms with van der Waals surface area (Å²) in [6, 6.07) is 8.39. The molecule has 2 N–H and O–H groups in total. The first-order chi connectivity index (χ1) is 16.5. The van der Waals surface area contributed by atoms with Gasteiger partial charge in [0.25, 0.3) is 11.6 Å². The number of hydrogen-bond acceptors (Lipinski definition) is 6. The number of amides is 1. The van der Waals surface area contributed by atoms with Crippen LogP contribution in [0.3, 0.4) is 0 Å². The standard InChI is InChI=1S/C23H18ClF3N4O4/c1-12-20-17(30-29-14-6-8-15(9-7-14)31(33)34)3-2-4-19(20)35-21(12)22(32)28-18-11-13(23(25,26)27)5-10-16(18)24/h5-11,29H,2-4H2,1H3,(H,28,32)/b30-17+. The molecule has 1 aliphatic rings. The van der Waals surface area contributed by atoms with E-state index in [2.05, 4.69) is 15.8 Å². The number of nitrogens with one attached hydrogen (secondary N) is 2. The number of carbonyl (C=O) groups excluding carboxylic acids is 1. The first-order valence-electron chi connectivity index (χ1n) is 10.4. The minimum atomic E-state index is -4.59. The Morgan fingerprint density at radius 1 is 1.17 bits per heavy atom. The Bertz CT molecular complexity index is 1330. The number of furan rings is 1. The van der Waals surface area contributed by atoms with Gasteiger partial charge in [-0.1, -0.05) is 11.6 Å². The number of hydrazone groups is 1. The molecule has 0 atom stereocenters. The van der Waals surface area contributed by atoms with E-state index < -0.39 is 22.6 Å². The highest BCUT2D eigenvalue weighted by Crippen LogP contribution is 2.35. The molecule has 0 bridgehead atoms. The van der Waals surface area contributed by atoms with Crippen molar-refractivity contribution in [3.05, 3.63) is 85.8 Å². The summed E-state index contributed by atoms with van der Waals surface area (Å²) >= 11 is 5.99. The highest BCUT2D eigenvalue weighted by Gasteiger charge is 2.32. The van der Waals surface area contributed by atoms with Gasteiger partial charge in [0.15, 0.2) is 5.76 Å². The molecule has 0 radical (unpaired) electrons. The van der Waals surface area contributed by atoms with Crippen molar-refractivity contribution in [1.29, 1.82) is 0 Å². The average molecular weight is 507 g/mol. The highest BCUT2D eigenvalue weighted by molar-refractivity contribution is 6.34. The zero-order valence-electron chi connectivity index (χ0n) is 18.2. The maximum atomic E-state index is 13.0. The Morgan fingerprint density at radius 3 is 2.54 bits per heavy atom. The van der Waals surface area contributed by atoms with Crippen LogP contribution >= 0.6 is 11.6 Å². The third-order valence-electron chi connectivity index (χ3n) is 5.47. The number of non-ortho nitro benzene ring substituents is 1. The van der Waals surface area contributed by atoms with Gasteiger partial charge in [0, 0.05) is 29.7 Å². The molecule has 0 aliphatic heterocycles. The molecule has 12 heteroatoms. The van der Waals surface area contributed by atoms with E-state index in [-0.39, 0.29) is 22.2 Å². The van der Waals surface area contributed by atoms with Crippen LogP contribution in [0, 0.1) is 17.0 Å². The van der Waals surface area contributed by atoms with Gasteiger partial charge in [0.1, 0.15) is 5.76 Å². The topological polar surface area (TPSA) is 110 Å². The molecule has 0 unspecified atom stereocenters. The van der Waals surface area contributed by atoms with Crippen LogP contribution in [0.15, 0.2) is 52.0 Å². The van der Waals surface area contributed by atoms with E-state index in [0.29, 0.717) is 47.5 Å². The second kappa shape index (κ2) is 9.41. The van der Waals surface area contributed by atoms with E-state index in [4.69, 9.17) is 16.0 Å². The molecule has 0 saturated heterocycles. The van der Waals surface area contributed by atoms with Crippen LogP contribution in [0.25, 0.3) is 0 Å². The number of benzene rings is 2. The van der Waals surface area contributed by atoms with Crippen molar-refractivity contribution in [3.8, 4) is 0 Å². The lowest BCUT2D eigenvalue weighted by molar-refractivity contribution is -0.384. The van der Waals surface area contributed by atoms with Crippen molar-refractivity contribution in [2.24, 2.45) is 5.10 Å². The fourth-order valence-electron chi connectivity index (χ4n) is 3.76. The molecule has 3 aromatic rings. The number of anilines is 2. The minimum Gasteiger partial charge on any atom is -0.455 e. The highest BCUT2D eigenvalue weighted by atomic mass is 35.5. The van der Waals surface area contributed by atoms with Crippen molar-refractivity contribution in [3.63, 3.8) is 0 Å². The summed E-state index contributed by atoms with van der Waals surface area (Å²) in [5.41, 5.74) is 3.97. The van der Waals surface area contributed by atoms with Gasteiger partial charge >= 0.3 is 6.18 Å². The maximum Gasteiger partial charge on any atom is 0.416 e. The molecule has 182 valence electrons. The lowest BCUT2D eigenvalue weighted by Crippen LogP contribution is -2.15. The second-order valence-corrected chi connectivity index (χ2v) is 8.24. The van der Waals surface area contributed by atoms with Crippen molar-refractivity contribution in [2.75, 3.05) is 10.7 Å². The summed E-state index contributed by atoms with van der Waals surface area (Å²) in [7, 11) is 0. The van der Waals surface area contributed by atoms with Gasteiger partial charge in [-0.05, 0) is 50.1 Å². The zero-order valence-corrected chi connectivity index (χ0v) is 19.0. The van der Waals surface area contributed by atoms with E-state index in [9.17, 15) is 28.1 Å². The van der Waals surface area contributed by atoms with Crippen molar-refractivity contribution in [2.45, 2.75) is 32.4 Å². The lowest BCUT2D eigenvalue weighted by Gasteiger charge is -2.13. The molecule has 2 aromatic carbocycles. The Hall–Kier alpha value is -3.86. The van der Waals surface area contributed by atoms with Crippen LogP contribution < -0.4 is 10.7 Å². The first-order valence-corrected chi connectivity index (χ1v) is 10.8. The summed E-state index contributed by atoms with van der Waals surface area (Å²) in [4.78, 5) is 23.2. The number of halogens is 4. The minimum absolute atomic E-state index is 0.0464. The van der Waals surface area contributed by atoms with Gasteiger partial charge in [-0.3, -0.25) is 20.3 Å². The normalized spacial score (nSPS) is 14.5. The third kappa shape index (κ3) is 5.14. The quantitative estimate of drug-likeness (QED) is 0.300. The van der Waals surface area contributed by atoms with Gasteiger partial charge in [0.2, 0.25) is 0 Å². The van der Waals surface area contributed by atoms with Gasteiger partial charge in [-0.25, -0.2) is 0 Å². The van der Waals surface area contributed by atoms with Crippen LogP contribution in [0.2, 0.25) is 5.02 Å². The summed E-state index contributed by atoms with van der Waals surface area (Å²) in [5.74, 6) is -0.243. The number of alkyl halides is 3. The summed E-state index contributed by atoms with van der Waals surface area (Å²) < 4.78 is 44.9. The van der Waals surface area contributed by atoms with Crippen molar-refractivity contribution >= 4 is 40.3 Å². The molecule has 0 spiro atoms. The maximum absolute atomic E-state index is 13.0. The Kier molecular flexibility index (Phi) is 6.53. The van der Waals surface area contributed by atoms with Crippen molar-refractivity contribution < 1.29 is 27.3 Å². The first kappa shape index (κ1) is 24.3. The monoisotopic (exact) mass is 506 g/mol. The van der Waals surface area contributed by atoms with E-state index in [1.807, 2.05) is 0 Å². The molecule has 1 aromatic heterocycles. The van der Waals surface area contributed by atoms with Gasteiger partial charge < -0.3 is 9.73 Å². The fourth-order valence-corrected chi connectivity index (χ4v) is 3.93. The van der Waals surface area contributed by atoms with Gasteiger partial charge in [-0.15, -0.1) is 0 Å². The smallest absolute Gasteiger partial charge is 0.416 e. The Labute approximate surface area is 201 Å². The van der Waals surface area contributed by atoms with Crippen LogP contribution in [0.1, 0.15) is 45.8 Å². The number of hydrogen-bond donors (Lipinski definition) is 2. The predicted octanol–water partition coefficient (Wildman–Crippen LogP) is 6.57. The molecule has 1 aliphatic carbocycles. The number of nitro benzene ring substituents is 1. The number of nitrogens with zero attached hydrogens (tertiary/aromatic N) is 2. The number of aryl methyl sites for hydroxylation is 1. The molecule has 0 saturated carbocycles. The van der Waals surface area contributed by atoms with Crippen LogP contribution in [-0.4, -0.2) is 16.5 Å². The van der Waals surface area contributed by atoms with Crippen LogP contribution in [0.4, 0.5) is 30.2 Å².